The van der Waals surface area contributed by atoms with E-state index in [-0.39, 0.29) is 10.8 Å². The summed E-state index contributed by atoms with van der Waals surface area (Å²) in [4.78, 5) is 0. The SMILES string of the molecule is N=C(N)C(COc1ccc(Br)cc1Cl)C(F)(F)F. The van der Waals surface area contributed by atoms with Crippen molar-refractivity contribution >= 4 is 33.4 Å². The normalized spacial score (nSPS) is 13.2. The molecule has 1 rings (SSSR count). The Morgan fingerprint density at radius 3 is 2.56 bits per heavy atom. The van der Waals surface area contributed by atoms with Crippen molar-refractivity contribution in [1.29, 1.82) is 5.41 Å². The zero-order valence-electron chi connectivity index (χ0n) is 8.89. The van der Waals surface area contributed by atoms with E-state index in [4.69, 9.17) is 27.5 Å². The number of alkyl halides is 3. The Kier molecular flexibility index (Phi) is 4.86. The molecule has 3 N–H and O–H groups in total. The fraction of sp³-hybridized carbons (Fsp3) is 0.300. The van der Waals surface area contributed by atoms with Gasteiger partial charge in [0, 0.05) is 4.47 Å². The number of halogens is 5. The predicted molar refractivity (Wildman–Crippen MR) is 66.1 cm³/mol. The van der Waals surface area contributed by atoms with Crippen LogP contribution < -0.4 is 10.5 Å². The van der Waals surface area contributed by atoms with E-state index in [0.29, 0.717) is 4.47 Å². The van der Waals surface area contributed by atoms with Crippen molar-refractivity contribution in [1.82, 2.24) is 0 Å². The second-order valence-electron chi connectivity index (χ2n) is 3.44. The molecule has 1 atom stereocenters. The molecule has 0 aliphatic heterocycles. The van der Waals surface area contributed by atoms with Crippen molar-refractivity contribution in [2.75, 3.05) is 6.61 Å². The summed E-state index contributed by atoms with van der Waals surface area (Å²) in [6.07, 6.45) is -4.62. The Morgan fingerprint density at radius 2 is 2.11 bits per heavy atom. The Balaban J connectivity index is 2.77. The van der Waals surface area contributed by atoms with E-state index in [9.17, 15) is 13.2 Å². The molecule has 0 aliphatic rings. The lowest BCUT2D eigenvalue weighted by Gasteiger charge is -2.19. The van der Waals surface area contributed by atoms with E-state index in [1.807, 2.05) is 0 Å². The molecule has 0 bridgehead atoms. The maximum atomic E-state index is 12.5. The minimum Gasteiger partial charge on any atom is -0.491 e. The van der Waals surface area contributed by atoms with Gasteiger partial charge in [0.1, 0.15) is 24.1 Å². The van der Waals surface area contributed by atoms with Crippen LogP contribution in [0.3, 0.4) is 0 Å². The summed E-state index contributed by atoms with van der Waals surface area (Å²) >= 11 is 8.94. The van der Waals surface area contributed by atoms with Crippen LogP contribution in [-0.4, -0.2) is 18.6 Å². The molecule has 100 valence electrons. The number of hydrogen-bond acceptors (Lipinski definition) is 2. The molecule has 0 saturated heterocycles. The van der Waals surface area contributed by atoms with Gasteiger partial charge in [0.2, 0.25) is 0 Å². The number of benzene rings is 1. The maximum absolute atomic E-state index is 12.5. The molecule has 1 aromatic rings. The van der Waals surface area contributed by atoms with Crippen LogP contribution in [0.5, 0.6) is 5.75 Å². The fourth-order valence-corrected chi connectivity index (χ4v) is 1.85. The van der Waals surface area contributed by atoms with Crippen molar-refractivity contribution in [3.63, 3.8) is 0 Å². The Hall–Kier alpha value is -0.950. The number of hydrogen-bond donors (Lipinski definition) is 2. The highest BCUT2D eigenvalue weighted by atomic mass is 79.9. The average Bonchev–Trinajstić information content (AvgIpc) is 2.18. The van der Waals surface area contributed by atoms with Gasteiger partial charge in [-0.25, -0.2) is 0 Å². The minimum atomic E-state index is -4.62. The summed E-state index contributed by atoms with van der Waals surface area (Å²) in [5.41, 5.74) is 4.89. The molecule has 0 aromatic heterocycles. The summed E-state index contributed by atoms with van der Waals surface area (Å²) in [6, 6.07) is 4.50. The van der Waals surface area contributed by atoms with E-state index in [1.165, 1.54) is 12.1 Å². The van der Waals surface area contributed by atoms with Gasteiger partial charge < -0.3 is 10.5 Å². The van der Waals surface area contributed by atoms with Crippen LogP contribution in [0.2, 0.25) is 5.02 Å². The molecule has 0 spiro atoms. The topological polar surface area (TPSA) is 59.1 Å². The summed E-state index contributed by atoms with van der Waals surface area (Å²) < 4.78 is 43.1. The molecule has 18 heavy (non-hydrogen) atoms. The van der Waals surface area contributed by atoms with Gasteiger partial charge in [0.05, 0.1) is 5.02 Å². The first-order chi connectivity index (χ1) is 8.21. The highest BCUT2D eigenvalue weighted by Crippen LogP contribution is 2.31. The summed E-state index contributed by atoms with van der Waals surface area (Å²) in [7, 11) is 0. The zero-order valence-corrected chi connectivity index (χ0v) is 11.2. The third kappa shape index (κ3) is 4.06. The molecular formula is C10H9BrClF3N2O. The van der Waals surface area contributed by atoms with Crippen molar-refractivity contribution in [2.24, 2.45) is 11.7 Å². The summed E-state index contributed by atoms with van der Waals surface area (Å²) in [6.45, 7) is -0.778. The Morgan fingerprint density at radius 1 is 1.50 bits per heavy atom. The van der Waals surface area contributed by atoms with E-state index < -0.39 is 24.5 Å². The van der Waals surface area contributed by atoms with E-state index in [0.717, 1.165) is 0 Å². The highest BCUT2D eigenvalue weighted by Gasteiger charge is 2.42. The van der Waals surface area contributed by atoms with Gasteiger partial charge in [-0.05, 0) is 18.2 Å². The van der Waals surface area contributed by atoms with E-state index in [2.05, 4.69) is 15.9 Å². The number of ether oxygens (including phenoxy) is 1. The van der Waals surface area contributed by atoms with Gasteiger partial charge in [-0.2, -0.15) is 13.2 Å². The lowest BCUT2D eigenvalue weighted by atomic mass is 10.1. The zero-order chi connectivity index (χ0) is 13.9. The first kappa shape index (κ1) is 15.1. The molecule has 1 unspecified atom stereocenters. The molecule has 0 aliphatic carbocycles. The van der Waals surface area contributed by atoms with Gasteiger partial charge in [-0.1, -0.05) is 27.5 Å². The monoisotopic (exact) mass is 344 g/mol. The van der Waals surface area contributed by atoms with Gasteiger partial charge in [-0.3, -0.25) is 5.41 Å². The van der Waals surface area contributed by atoms with Gasteiger partial charge >= 0.3 is 6.18 Å². The van der Waals surface area contributed by atoms with Crippen molar-refractivity contribution in [3.8, 4) is 5.75 Å². The summed E-state index contributed by atoms with van der Waals surface area (Å²) in [5.74, 6) is -3.02. The molecule has 0 radical (unpaired) electrons. The number of rotatable bonds is 4. The standard InChI is InChI=1S/C10H9BrClF3N2O/c11-5-1-2-8(7(12)3-5)18-4-6(9(16)17)10(13,14)15/h1-3,6H,4H2,(H3,16,17). The lowest BCUT2D eigenvalue weighted by molar-refractivity contribution is -0.162. The Labute approximate surface area is 115 Å². The minimum absolute atomic E-state index is 0.107. The molecule has 0 amide bonds. The van der Waals surface area contributed by atoms with Crippen LogP contribution in [0.1, 0.15) is 0 Å². The van der Waals surface area contributed by atoms with Crippen LogP contribution in [0.25, 0.3) is 0 Å². The molecule has 8 heteroatoms. The smallest absolute Gasteiger partial charge is 0.401 e. The van der Waals surface area contributed by atoms with Crippen molar-refractivity contribution < 1.29 is 17.9 Å². The first-order valence-corrected chi connectivity index (χ1v) is 5.87. The third-order valence-electron chi connectivity index (χ3n) is 2.07. The Bertz CT molecular complexity index is 453. The van der Waals surface area contributed by atoms with E-state index >= 15 is 0 Å². The van der Waals surface area contributed by atoms with Crippen molar-refractivity contribution in [2.45, 2.75) is 6.18 Å². The quantitative estimate of drug-likeness (QED) is 0.647. The van der Waals surface area contributed by atoms with E-state index in [1.54, 1.807) is 6.07 Å². The molecule has 0 saturated carbocycles. The van der Waals surface area contributed by atoms with Crippen LogP contribution in [0.4, 0.5) is 13.2 Å². The van der Waals surface area contributed by atoms with Crippen LogP contribution >= 0.6 is 27.5 Å². The molecule has 1 aromatic carbocycles. The lowest BCUT2D eigenvalue weighted by Crippen LogP contribution is -2.39. The number of nitrogens with one attached hydrogen (secondary N) is 1. The van der Waals surface area contributed by atoms with Crippen LogP contribution in [0, 0.1) is 11.3 Å². The van der Waals surface area contributed by atoms with Gasteiger partial charge in [0.15, 0.2) is 0 Å². The van der Waals surface area contributed by atoms with Gasteiger partial charge in [0.25, 0.3) is 0 Å². The maximum Gasteiger partial charge on any atom is 0.401 e. The van der Waals surface area contributed by atoms with Crippen molar-refractivity contribution in [3.05, 3.63) is 27.7 Å². The van der Waals surface area contributed by atoms with Crippen LogP contribution in [-0.2, 0) is 0 Å². The summed E-state index contributed by atoms with van der Waals surface area (Å²) in [5, 5.41) is 7.07. The highest BCUT2D eigenvalue weighted by molar-refractivity contribution is 9.10. The molecule has 0 fully saturated rings. The molecule has 0 heterocycles. The second kappa shape index (κ2) is 5.79. The first-order valence-electron chi connectivity index (χ1n) is 4.70. The fourth-order valence-electron chi connectivity index (χ4n) is 1.13. The average molecular weight is 346 g/mol. The third-order valence-corrected chi connectivity index (χ3v) is 2.86. The molecule has 3 nitrogen and oxygen atoms in total. The molecular weight excluding hydrogens is 336 g/mol. The van der Waals surface area contributed by atoms with Crippen LogP contribution in [0.15, 0.2) is 22.7 Å². The second-order valence-corrected chi connectivity index (χ2v) is 4.76. The number of nitrogens with two attached hydrogens (primary N) is 1. The predicted octanol–water partition coefficient (Wildman–Crippen LogP) is 3.60. The largest absolute Gasteiger partial charge is 0.491 e. The van der Waals surface area contributed by atoms with Gasteiger partial charge in [-0.15, -0.1) is 0 Å². The number of amidine groups is 1.